The molecule has 1 saturated carbocycles. The Balaban J connectivity index is 1.81. The van der Waals surface area contributed by atoms with Crippen molar-refractivity contribution in [2.24, 2.45) is 17.8 Å². The van der Waals surface area contributed by atoms with Crippen molar-refractivity contribution in [1.82, 2.24) is 4.90 Å². The zero-order valence-electron chi connectivity index (χ0n) is 7.16. The van der Waals surface area contributed by atoms with Crippen molar-refractivity contribution >= 4 is 0 Å². The van der Waals surface area contributed by atoms with Gasteiger partial charge in [-0.3, -0.25) is 0 Å². The largest absolute Gasteiger partial charge is 0.396 e. The predicted molar refractivity (Wildman–Crippen MR) is 44.3 cm³/mol. The van der Waals surface area contributed by atoms with E-state index in [1.54, 1.807) is 0 Å². The fraction of sp³-hybridized carbons (Fsp3) is 1.00. The molecule has 0 aromatic heterocycles. The van der Waals surface area contributed by atoms with E-state index >= 15 is 0 Å². The minimum atomic E-state index is 0.420. The van der Waals surface area contributed by atoms with E-state index in [4.69, 9.17) is 5.11 Å². The van der Waals surface area contributed by atoms with Gasteiger partial charge in [0.05, 0.1) is 0 Å². The Hall–Kier alpha value is -0.0800. The van der Waals surface area contributed by atoms with Crippen molar-refractivity contribution in [2.45, 2.75) is 12.8 Å². The molecule has 11 heavy (non-hydrogen) atoms. The van der Waals surface area contributed by atoms with Gasteiger partial charge in [-0.15, -0.1) is 0 Å². The lowest BCUT2D eigenvalue weighted by atomic mass is 9.83. The number of aliphatic hydroxyl groups excluding tert-OH is 1. The second kappa shape index (κ2) is 2.76. The Morgan fingerprint density at radius 2 is 2.00 bits per heavy atom. The zero-order valence-corrected chi connectivity index (χ0v) is 7.16. The van der Waals surface area contributed by atoms with E-state index < -0.39 is 0 Å². The highest BCUT2D eigenvalue weighted by Crippen LogP contribution is 2.42. The first kappa shape index (κ1) is 7.56. The second-order valence-corrected chi connectivity index (χ2v) is 4.17. The molecule has 2 heteroatoms. The van der Waals surface area contributed by atoms with E-state index in [0.29, 0.717) is 12.5 Å². The molecule has 0 amide bonds. The molecule has 0 aromatic carbocycles. The summed E-state index contributed by atoms with van der Waals surface area (Å²) < 4.78 is 0. The zero-order chi connectivity index (χ0) is 7.84. The first-order valence-corrected chi connectivity index (χ1v) is 4.60. The van der Waals surface area contributed by atoms with E-state index in [-0.39, 0.29) is 0 Å². The summed E-state index contributed by atoms with van der Waals surface area (Å²) in [7, 11) is 2.15. The quantitative estimate of drug-likeness (QED) is 0.644. The first-order valence-electron chi connectivity index (χ1n) is 4.60. The topological polar surface area (TPSA) is 23.5 Å². The van der Waals surface area contributed by atoms with Crippen LogP contribution in [0.4, 0.5) is 0 Å². The summed E-state index contributed by atoms with van der Waals surface area (Å²) in [6.07, 6.45) is 2.73. The minimum absolute atomic E-state index is 0.420. The van der Waals surface area contributed by atoms with Gasteiger partial charge >= 0.3 is 0 Å². The SMILES string of the molecule is CN1CC(C(CO)C2CC2)C1. The molecule has 1 aliphatic heterocycles. The standard InChI is InChI=1S/C9H17NO/c1-10-4-8(5-10)9(6-11)7-2-3-7/h7-9,11H,2-6H2,1H3. The molecule has 1 unspecified atom stereocenters. The molecule has 1 heterocycles. The summed E-state index contributed by atoms with van der Waals surface area (Å²) in [4.78, 5) is 2.33. The molecule has 0 bridgehead atoms. The molecular weight excluding hydrogens is 138 g/mol. The van der Waals surface area contributed by atoms with Crippen molar-refractivity contribution in [2.75, 3.05) is 26.7 Å². The van der Waals surface area contributed by atoms with Gasteiger partial charge in [0.1, 0.15) is 0 Å². The second-order valence-electron chi connectivity index (χ2n) is 4.17. The minimum Gasteiger partial charge on any atom is -0.396 e. The molecule has 1 N–H and O–H groups in total. The highest BCUT2D eigenvalue weighted by atomic mass is 16.3. The van der Waals surface area contributed by atoms with Crippen molar-refractivity contribution in [3.63, 3.8) is 0 Å². The van der Waals surface area contributed by atoms with E-state index in [0.717, 1.165) is 11.8 Å². The van der Waals surface area contributed by atoms with Gasteiger partial charge in [0.15, 0.2) is 0 Å². The molecule has 2 nitrogen and oxygen atoms in total. The third kappa shape index (κ3) is 1.42. The Bertz CT molecular complexity index is 138. The van der Waals surface area contributed by atoms with Crippen LogP contribution in [0.3, 0.4) is 0 Å². The van der Waals surface area contributed by atoms with Crippen LogP contribution in [0.2, 0.25) is 0 Å². The van der Waals surface area contributed by atoms with Crippen molar-refractivity contribution in [3.05, 3.63) is 0 Å². The van der Waals surface area contributed by atoms with Crippen LogP contribution in [-0.4, -0.2) is 36.8 Å². The fourth-order valence-corrected chi connectivity index (χ4v) is 2.23. The van der Waals surface area contributed by atoms with Crippen LogP contribution in [-0.2, 0) is 0 Å². The van der Waals surface area contributed by atoms with Crippen molar-refractivity contribution in [1.29, 1.82) is 0 Å². The van der Waals surface area contributed by atoms with Gasteiger partial charge in [-0.25, -0.2) is 0 Å². The molecule has 2 aliphatic rings. The molecule has 0 spiro atoms. The lowest BCUT2D eigenvalue weighted by Gasteiger charge is -2.41. The summed E-state index contributed by atoms with van der Waals surface area (Å²) in [5, 5.41) is 9.14. The molecule has 1 aliphatic carbocycles. The first-order chi connectivity index (χ1) is 5.31. The summed E-state index contributed by atoms with van der Waals surface area (Å²) in [6.45, 7) is 2.84. The summed E-state index contributed by atoms with van der Waals surface area (Å²) >= 11 is 0. The normalized spacial score (nSPS) is 30.0. The van der Waals surface area contributed by atoms with Crippen LogP contribution in [0.15, 0.2) is 0 Å². The average Bonchev–Trinajstić information content (AvgIpc) is 2.69. The molecule has 0 aromatic rings. The van der Waals surface area contributed by atoms with Crippen molar-refractivity contribution < 1.29 is 5.11 Å². The van der Waals surface area contributed by atoms with Crippen LogP contribution < -0.4 is 0 Å². The Morgan fingerprint density at radius 1 is 1.36 bits per heavy atom. The van der Waals surface area contributed by atoms with Gasteiger partial charge < -0.3 is 10.0 Å². The number of hydrogen-bond acceptors (Lipinski definition) is 2. The van der Waals surface area contributed by atoms with Crippen LogP contribution in [0.5, 0.6) is 0 Å². The van der Waals surface area contributed by atoms with Crippen LogP contribution in [0.25, 0.3) is 0 Å². The maximum Gasteiger partial charge on any atom is 0.0465 e. The monoisotopic (exact) mass is 155 g/mol. The number of aliphatic hydroxyl groups is 1. The molecule has 2 rings (SSSR count). The number of hydrogen-bond donors (Lipinski definition) is 1. The average molecular weight is 155 g/mol. The number of likely N-dealkylation sites (tertiary alicyclic amines) is 1. The lowest BCUT2D eigenvalue weighted by molar-refractivity contribution is 0.0412. The van der Waals surface area contributed by atoms with Gasteiger partial charge in [0, 0.05) is 19.7 Å². The number of rotatable bonds is 3. The maximum atomic E-state index is 9.14. The summed E-state index contributed by atoms with van der Waals surface area (Å²) in [5.74, 6) is 2.31. The lowest BCUT2D eigenvalue weighted by Crippen LogP contribution is -2.48. The van der Waals surface area contributed by atoms with E-state index in [9.17, 15) is 0 Å². The highest BCUT2D eigenvalue weighted by Gasteiger charge is 2.40. The third-order valence-electron chi connectivity index (χ3n) is 3.14. The van der Waals surface area contributed by atoms with Gasteiger partial charge in [-0.05, 0) is 37.6 Å². The molecule has 1 saturated heterocycles. The van der Waals surface area contributed by atoms with E-state index in [2.05, 4.69) is 11.9 Å². The predicted octanol–water partition coefficient (Wildman–Crippen LogP) is 0.566. The highest BCUT2D eigenvalue weighted by molar-refractivity contribution is 4.91. The molecule has 2 fully saturated rings. The summed E-state index contributed by atoms with van der Waals surface area (Å²) in [6, 6.07) is 0. The Labute approximate surface area is 68.2 Å². The van der Waals surface area contributed by atoms with Gasteiger partial charge in [0.25, 0.3) is 0 Å². The fourth-order valence-electron chi connectivity index (χ4n) is 2.23. The van der Waals surface area contributed by atoms with Crippen molar-refractivity contribution in [3.8, 4) is 0 Å². The summed E-state index contributed by atoms with van der Waals surface area (Å²) in [5.41, 5.74) is 0. The van der Waals surface area contributed by atoms with Gasteiger partial charge in [-0.1, -0.05) is 0 Å². The molecule has 64 valence electrons. The van der Waals surface area contributed by atoms with Gasteiger partial charge in [0.2, 0.25) is 0 Å². The maximum absolute atomic E-state index is 9.14. The Morgan fingerprint density at radius 3 is 2.36 bits per heavy atom. The van der Waals surface area contributed by atoms with Crippen LogP contribution >= 0.6 is 0 Å². The van der Waals surface area contributed by atoms with E-state index in [1.807, 2.05) is 0 Å². The number of nitrogens with zero attached hydrogens (tertiary/aromatic N) is 1. The molecular formula is C9H17NO. The molecule has 1 atom stereocenters. The van der Waals surface area contributed by atoms with Crippen LogP contribution in [0, 0.1) is 17.8 Å². The van der Waals surface area contributed by atoms with Crippen LogP contribution in [0.1, 0.15) is 12.8 Å². The van der Waals surface area contributed by atoms with E-state index in [1.165, 1.54) is 25.9 Å². The third-order valence-corrected chi connectivity index (χ3v) is 3.14. The van der Waals surface area contributed by atoms with Gasteiger partial charge in [-0.2, -0.15) is 0 Å². The Kier molecular flexibility index (Phi) is 1.90. The smallest absolute Gasteiger partial charge is 0.0465 e. The molecule has 0 radical (unpaired) electrons.